The lowest BCUT2D eigenvalue weighted by Crippen LogP contribution is -2.48. The smallest absolute Gasteiger partial charge is 0.225 e. The fraction of sp³-hybridized carbons (Fsp3) is 0.923. The highest BCUT2D eigenvalue weighted by molar-refractivity contribution is 5.85. The van der Waals surface area contributed by atoms with E-state index in [0.29, 0.717) is 23.8 Å². The molecule has 0 saturated carbocycles. The van der Waals surface area contributed by atoms with Crippen molar-refractivity contribution in [2.75, 3.05) is 19.6 Å². The van der Waals surface area contributed by atoms with E-state index in [4.69, 9.17) is 0 Å². The van der Waals surface area contributed by atoms with E-state index in [9.17, 15) is 4.79 Å². The molecule has 2 saturated heterocycles. The van der Waals surface area contributed by atoms with E-state index in [1.165, 1.54) is 6.42 Å². The van der Waals surface area contributed by atoms with Crippen LogP contribution in [0.5, 0.6) is 0 Å². The lowest BCUT2D eigenvalue weighted by molar-refractivity contribution is -0.138. The molecule has 2 fully saturated rings. The molecule has 100 valence electrons. The molecular weight excluding hydrogens is 236 g/mol. The van der Waals surface area contributed by atoms with Crippen LogP contribution in [0.15, 0.2) is 0 Å². The number of hydrogen-bond acceptors (Lipinski definition) is 2. The number of amides is 1. The highest BCUT2D eigenvalue weighted by atomic mass is 35.5. The molecule has 2 aliphatic heterocycles. The van der Waals surface area contributed by atoms with E-state index in [2.05, 4.69) is 31.0 Å². The van der Waals surface area contributed by atoms with Crippen molar-refractivity contribution in [2.45, 2.75) is 39.7 Å². The van der Waals surface area contributed by atoms with Crippen molar-refractivity contribution >= 4 is 18.3 Å². The van der Waals surface area contributed by atoms with Crippen LogP contribution < -0.4 is 5.32 Å². The fourth-order valence-electron chi connectivity index (χ4n) is 2.82. The number of carbonyl (C=O) groups excluding carboxylic acids is 1. The minimum atomic E-state index is 0. The van der Waals surface area contributed by atoms with Gasteiger partial charge in [0.15, 0.2) is 0 Å². The lowest BCUT2D eigenvalue weighted by atomic mass is 9.90. The Morgan fingerprint density at radius 1 is 1.29 bits per heavy atom. The second-order valence-electron chi connectivity index (χ2n) is 5.71. The predicted octanol–water partition coefficient (Wildman–Crippen LogP) is 1.91. The Kier molecular flexibility index (Phi) is 5.26. The lowest BCUT2D eigenvalue weighted by Gasteiger charge is -2.36. The van der Waals surface area contributed by atoms with Gasteiger partial charge in [-0.15, -0.1) is 12.4 Å². The molecule has 0 radical (unpaired) electrons. The van der Waals surface area contributed by atoms with Crippen LogP contribution in [0, 0.1) is 17.8 Å². The first-order valence-electron chi connectivity index (χ1n) is 6.61. The molecule has 4 heteroatoms. The summed E-state index contributed by atoms with van der Waals surface area (Å²) >= 11 is 0. The minimum Gasteiger partial charge on any atom is -0.342 e. The number of piperidine rings is 1. The van der Waals surface area contributed by atoms with Gasteiger partial charge in [-0.05, 0) is 31.2 Å². The van der Waals surface area contributed by atoms with Gasteiger partial charge in [0.05, 0.1) is 0 Å². The minimum absolute atomic E-state index is 0. The van der Waals surface area contributed by atoms with Crippen LogP contribution in [0.3, 0.4) is 0 Å². The van der Waals surface area contributed by atoms with Crippen LogP contribution in [0.2, 0.25) is 0 Å². The van der Waals surface area contributed by atoms with E-state index in [1.54, 1.807) is 0 Å². The Morgan fingerprint density at radius 3 is 2.65 bits per heavy atom. The second-order valence-corrected chi connectivity index (χ2v) is 5.71. The van der Waals surface area contributed by atoms with Gasteiger partial charge < -0.3 is 10.2 Å². The molecule has 0 aromatic heterocycles. The van der Waals surface area contributed by atoms with Crippen LogP contribution >= 0.6 is 12.4 Å². The zero-order valence-corrected chi connectivity index (χ0v) is 11.9. The third kappa shape index (κ3) is 3.14. The molecular formula is C13H25ClN2O. The van der Waals surface area contributed by atoms with Gasteiger partial charge >= 0.3 is 0 Å². The standard InChI is InChI=1S/C13H24N2O.ClH/c1-9(2)10(3)13(16)15-7-5-12-11(8-15)4-6-14-12;/h9-12,14H,4-8H2,1-3H3;1H. The quantitative estimate of drug-likeness (QED) is 0.823. The summed E-state index contributed by atoms with van der Waals surface area (Å²) < 4.78 is 0. The maximum atomic E-state index is 12.2. The molecule has 0 spiro atoms. The SMILES string of the molecule is CC(C)C(C)C(=O)N1CCC2NCCC2C1.Cl. The van der Waals surface area contributed by atoms with E-state index in [0.717, 1.165) is 26.1 Å². The van der Waals surface area contributed by atoms with Gasteiger partial charge in [-0.1, -0.05) is 20.8 Å². The summed E-state index contributed by atoms with van der Waals surface area (Å²) in [6, 6.07) is 0.679. The van der Waals surface area contributed by atoms with Crippen molar-refractivity contribution in [3.8, 4) is 0 Å². The molecule has 3 atom stereocenters. The monoisotopic (exact) mass is 260 g/mol. The van der Waals surface area contributed by atoms with Crippen LogP contribution in [0.25, 0.3) is 0 Å². The highest BCUT2D eigenvalue weighted by Gasteiger charge is 2.35. The molecule has 1 amide bonds. The largest absolute Gasteiger partial charge is 0.342 e. The third-order valence-corrected chi connectivity index (χ3v) is 4.36. The predicted molar refractivity (Wildman–Crippen MR) is 72.3 cm³/mol. The Labute approximate surface area is 111 Å². The van der Waals surface area contributed by atoms with Crippen molar-refractivity contribution in [1.82, 2.24) is 10.2 Å². The Morgan fingerprint density at radius 2 is 2.00 bits per heavy atom. The number of halogens is 1. The van der Waals surface area contributed by atoms with Gasteiger partial charge in [-0.2, -0.15) is 0 Å². The molecule has 3 unspecified atom stereocenters. The van der Waals surface area contributed by atoms with Crippen molar-refractivity contribution in [3.05, 3.63) is 0 Å². The number of fused-ring (bicyclic) bond motifs is 1. The number of likely N-dealkylation sites (tertiary alicyclic amines) is 1. The molecule has 0 bridgehead atoms. The van der Waals surface area contributed by atoms with Gasteiger partial charge in [-0.25, -0.2) is 0 Å². The molecule has 2 rings (SSSR count). The summed E-state index contributed by atoms with van der Waals surface area (Å²) in [6.07, 6.45) is 2.38. The molecule has 3 nitrogen and oxygen atoms in total. The summed E-state index contributed by atoms with van der Waals surface area (Å²) in [7, 11) is 0. The first-order valence-corrected chi connectivity index (χ1v) is 6.61. The number of rotatable bonds is 2. The molecule has 0 aromatic rings. The normalized spacial score (nSPS) is 29.8. The van der Waals surface area contributed by atoms with E-state index in [1.807, 2.05) is 0 Å². The Bertz CT molecular complexity index is 270. The molecule has 1 N–H and O–H groups in total. The number of nitrogens with one attached hydrogen (secondary N) is 1. The van der Waals surface area contributed by atoms with Crippen molar-refractivity contribution in [2.24, 2.45) is 17.8 Å². The molecule has 17 heavy (non-hydrogen) atoms. The highest BCUT2D eigenvalue weighted by Crippen LogP contribution is 2.26. The second kappa shape index (κ2) is 6.05. The van der Waals surface area contributed by atoms with Gasteiger partial charge in [0.1, 0.15) is 0 Å². The maximum Gasteiger partial charge on any atom is 0.225 e. The first kappa shape index (κ1) is 14.8. The van der Waals surface area contributed by atoms with E-state index < -0.39 is 0 Å². The molecule has 2 heterocycles. The van der Waals surface area contributed by atoms with Gasteiger partial charge in [0, 0.05) is 25.0 Å². The summed E-state index contributed by atoms with van der Waals surface area (Å²) in [5.41, 5.74) is 0. The number of carbonyl (C=O) groups is 1. The fourth-order valence-corrected chi connectivity index (χ4v) is 2.82. The molecule has 0 aromatic carbocycles. The van der Waals surface area contributed by atoms with Gasteiger partial charge in [-0.3, -0.25) is 4.79 Å². The van der Waals surface area contributed by atoms with Crippen LogP contribution in [0.4, 0.5) is 0 Å². The number of hydrogen-bond donors (Lipinski definition) is 1. The first-order chi connectivity index (χ1) is 7.59. The van der Waals surface area contributed by atoms with E-state index >= 15 is 0 Å². The van der Waals surface area contributed by atoms with Crippen molar-refractivity contribution < 1.29 is 4.79 Å². The number of nitrogens with zero attached hydrogens (tertiary/aromatic N) is 1. The zero-order valence-electron chi connectivity index (χ0n) is 11.1. The average Bonchev–Trinajstić information content (AvgIpc) is 2.73. The average molecular weight is 261 g/mol. The van der Waals surface area contributed by atoms with Gasteiger partial charge in [0.2, 0.25) is 5.91 Å². The summed E-state index contributed by atoms with van der Waals surface area (Å²) in [4.78, 5) is 14.3. The zero-order chi connectivity index (χ0) is 11.7. The summed E-state index contributed by atoms with van der Waals surface area (Å²) in [6.45, 7) is 9.39. The van der Waals surface area contributed by atoms with Crippen LogP contribution in [0.1, 0.15) is 33.6 Å². The van der Waals surface area contributed by atoms with Crippen LogP contribution in [-0.2, 0) is 4.79 Å². The molecule has 0 aliphatic carbocycles. The third-order valence-electron chi connectivity index (χ3n) is 4.36. The van der Waals surface area contributed by atoms with Crippen molar-refractivity contribution in [1.29, 1.82) is 0 Å². The Balaban J connectivity index is 0.00000144. The maximum absolute atomic E-state index is 12.2. The van der Waals surface area contributed by atoms with Crippen LogP contribution in [-0.4, -0.2) is 36.5 Å². The summed E-state index contributed by atoms with van der Waals surface area (Å²) in [5, 5.41) is 3.53. The topological polar surface area (TPSA) is 32.3 Å². The van der Waals surface area contributed by atoms with Crippen molar-refractivity contribution in [3.63, 3.8) is 0 Å². The van der Waals surface area contributed by atoms with E-state index in [-0.39, 0.29) is 18.3 Å². The molecule has 2 aliphatic rings. The summed E-state index contributed by atoms with van der Waals surface area (Å²) in [5.74, 6) is 1.69. The van der Waals surface area contributed by atoms with Gasteiger partial charge in [0.25, 0.3) is 0 Å². The Hall–Kier alpha value is -0.280.